The zero-order valence-corrected chi connectivity index (χ0v) is 19.9. The minimum atomic E-state index is 0.268. The van der Waals surface area contributed by atoms with Gasteiger partial charge in [0.05, 0.1) is 0 Å². The molecule has 170 valence electrons. The molecule has 6 aromatic carbocycles. The Hall–Kier alpha value is -4.49. The molecule has 0 atom stereocenters. The molecule has 0 saturated heterocycles. The van der Waals surface area contributed by atoms with Gasteiger partial charge in [-0.25, -0.2) is 0 Å². The number of hydrogen-bond acceptors (Lipinski definition) is 1. The van der Waals surface area contributed by atoms with Crippen LogP contribution in [-0.2, 0) is 6.42 Å². The summed E-state index contributed by atoms with van der Waals surface area (Å²) in [6.45, 7) is 0. The first-order chi connectivity index (χ1) is 17.8. The van der Waals surface area contributed by atoms with Crippen molar-refractivity contribution in [2.75, 3.05) is 0 Å². The summed E-state index contributed by atoms with van der Waals surface area (Å²) in [4.78, 5) is 12.0. The van der Waals surface area contributed by atoms with Crippen molar-refractivity contribution < 1.29 is 4.79 Å². The van der Waals surface area contributed by atoms with Crippen molar-refractivity contribution in [2.24, 2.45) is 0 Å². The summed E-state index contributed by atoms with van der Waals surface area (Å²) in [7, 11) is 0. The van der Waals surface area contributed by atoms with Gasteiger partial charge in [-0.2, -0.15) is 0 Å². The van der Waals surface area contributed by atoms with Crippen molar-refractivity contribution in [3.63, 3.8) is 0 Å². The number of carbonyl (C=O) groups excluding carboxylic acids is 1. The normalized spacial score (nSPS) is 12.8. The quantitative estimate of drug-likeness (QED) is 0.241. The maximum absolute atomic E-state index is 12.0. The maximum Gasteiger partial charge on any atom is 0.163 e. The molecule has 0 unspecified atom stereocenters. The Morgan fingerprint density at radius 3 is 1.47 bits per heavy atom. The standard InChI is InChI=1S/C35H24O/c36-33-21-19-27-22-26(18-20-28(27)33)23-14-16-25(17-15-23)35-31-12-6-4-10-29(31)34(24-8-2-1-3-9-24)30-11-5-7-13-32(30)35/h1-18,20,22H,19,21H2. The van der Waals surface area contributed by atoms with Crippen LogP contribution >= 0.6 is 0 Å². The van der Waals surface area contributed by atoms with E-state index >= 15 is 0 Å². The van der Waals surface area contributed by atoms with Crippen LogP contribution < -0.4 is 0 Å². The second-order valence-corrected chi connectivity index (χ2v) is 9.58. The summed E-state index contributed by atoms with van der Waals surface area (Å²) in [6, 6.07) is 43.4. The zero-order valence-electron chi connectivity index (χ0n) is 19.9. The molecule has 0 bridgehead atoms. The van der Waals surface area contributed by atoms with Gasteiger partial charge in [0.15, 0.2) is 5.78 Å². The number of carbonyl (C=O) groups is 1. The summed E-state index contributed by atoms with van der Waals surface area (Å²) >= 11 is 0. The first-order valence-electron chi connectivity index (χ1n) is 12.5. The second-order valence-electron chi connectivity index (χ2n) is 9.58. The molecule has 0 heterocycles. The average molecular weight is 461 g/mol. The predicted octanol–water partition coefficient (Wildman–Crippen LogP) is 9.12. The van der Waals surface area contributed by atoms with Crippen molar-refractivity contribution in [3.05, 3.63) is 132 Å². The first kappa shape index (κ1) is 20.8. The van der Waals surface area contributed by atoms with Crippen LogP contribution in [0.5, 0.6) is 0 Å². The van der Waals surface area contributed by atoms with Gasteiger partial charge in [-0.05, 0) is 66.9 Å². The van der Waals surface area contributed by atoms with Crippen molar-refractivity contribution >= 4 is 27.3 Å². The van der Waals surface area contributed by atoms with E-state index in [0.29, 0.717) is 6.42 Å². The van der Waals surface area contributed by atoms with Gasteiger partial charge in [-0.15, -0.1) is 0 Å². The summed E-state index contributed by atoms with van der Waals surface area (Å²) in [5, 5.41) is 5.06. The van der Waals surface area contributed by atoms with Crippen LogP contribution in [0.4, 0.5) is 0 Å². The molecule has 6 aromatic rings. The van der Waals surface area contributed by atoms with Crippen LogP contribution in [0, 0.1) is 0 Å². The molecule has 0 N–H and O–H groups in total. The Morgan fingerprint density at radius 2 is 0.889 bits per heavy atom. The van der Waals surface area contributed by atoms with E-state index in [9.17, 15) is 4.79 Å². The van der Waals surface area contributed by atoms with Crippen LogP contribution in [0.15, 0.2) is 121 Å². The Labute approximate surface area is 210 Å². The minimum absolute atomic E-state index is 0.268. The Kier molecular flexibility index (Phi) is 4.82. The van der Waals surface area contributed by atoms with Gasteiger partial charge in [0, 0.05) is 12.0 Å². The molecule has 0 radical (unpaired) electrons. The third-order valence-electron chi connectivity index (χ3n) is 7.53. The highest BCUT2D eigenvalue weighted by molar-refractivity contribution is 6.21. The molecule has 0 saturated carbocycles. The molecule has 1 nitrogen and oxygen atoms in total. The molecule has 1 aliphatic rings. The van der Waals surface area contributed by atoms with E-state index in [-0.39, 0.29) is 5.78 Å². The molecular weight excluding hydrogens is 436 g/mol. The third-order valence-corrected chi connectivity index (χ3v) is 7.53. The zero-order chi connectivity index (χ0) is 24.1. The topological polar surface area (TPSA) is 17.1 Å². The lowest BCUT2D eigenvalue weighted by atomic mass is 9.85. The van der Waals surface area contributed by atoms with E-state index in [1.54, 1.807) is 0 Å². The number of fused-ring (bicyclic) bond motifs is 3. The Balaban J connectivity index is 1.42. The minimum Gasteiger partial charge on any atom is -0.294 e. The van der Waals surface area contributed by atoms with E-state index in [4.69, 9.17) is 0 Å². The molecule has 1 aliphatic carbocycles. The number of rotatable bonds is 3. The van der Waals surface area contributed by atoms with Gasteiger partial charge < -0.3 is 0 Å². The summed E-state index contributed by atoms with van der Waals surface area (Å²) in [5.74, 6) is 0.268. The van der Waals surface area contributed by atoms with Gasteiger partial charge in [0.2, 0.25) is 0 Å². The highest BCUT2D eigenvalue weighted by atomic mass is 16.1. The van der Waals surface area contributed by atoms with Crippen molar-refractivity contribution in [1.29, 1.82) is 0 Å². The molecule has 0 aliphatic heterocycles. The maximum atomic E-state index is 12.0. The van der Waals surface area contributed by atoms with Gasteiger partial charge in [-0.1, -0.05) is 121 Å². The summed E-state index contributed by atoms with van der Waals surface area (Å²) in [5.41, 5.74) is 9.42. The number of Topliss-reactive ketones (excluding diaryl/α,β-unsaturated/α-hetero) is 1. The monoisotopic (exact) mass is 460 g/mol. The van der Waals surface area contributed by atoms with Crippen LogP contribution in [0.25, 0.3) is 54.9 Å². The number of aryl methyl sites for hydroxylation is 1. The highest BCUT2D eigenvalue weighted by Crippen LogP contribution is 2.43. The SMILES string of the molecule is O=C1CCc2cc(-c3ccc(-c4c5ccccc5c(-c5ccccc5)c5ccccc45)cc3)ccc21. The predicted molar refractivity (Wildman–Crippen MR) is 150 cm³/mol. The summed E-state index contributed by atoms with van der Waals surface area (Å²) in [6.07, 6.45) is 1.49. The lowest BCUT2D eigenvalue weighted by Gasteiger charge is -2.18. The van der Waals surface area contributed by atoms with Crippen LogP contribution in [-0.4, -0.2) is 5.78 Å². The van der Waals surface area contributed by atoms with E-state index in [1.807, 2.05) is 6.07 Å². The lowest BCUT2D eigenvalue weighted by Crippen LogP contribution is -1.91. The fourth-order valence-electron chi connectivity index (χ4n) is 5.82. The van der Waals surface area contributed by atoms with Crippen LogP contribution in [0.1, 0.15) is 22.3 Å². The van der Waals surface area contributed by atoms with Crippen LogP contribution in [0.3, 0.4) is 0 Å². The lowest BCUT2D eigenvalue weighted by molar-refractivity contribution is 0.0994. The molecule has 0 spiro atoms. The van der Waals surface area contributed by atoms with Gasteiger partial charge in [0.1, 0.15) is 0 Å². The van der Waals surface area contributed by atoms with Gasteiger partial charge in [0.25, 0.3) is 0 Å². The van der Waals surface area contributed by atoms with Crippen molar-refractivity contribution in [2.45, 2.75) is 12.8 Å². The molecule has 0 aromatic heterocycles. The highest BCUT2D eigenvalue weighted by Gasteiger charge is 2.20. The van der Waals surface area contributed by atoms with Crippen molar-refractivity contribution in [3.8, 4) is 33.4 Å². The van der Waals surface area contributed by atoms with E-state index in [0.717, 1.165) is 12.0 Å². The van der Waals surface area contributed by atoms with Crippen molar-refractivity contribution in [1.82, 2.24) is 0 Å². The average Bonchev–Trinajstić information content (AvgIpc) is 3.32. The number of benzene rings is 6. The molecule has 0 amide bonds. The first-order valence-corrected chi connectivity index (χ1v) is 12.5. The number of ketones is 1. The summed E-state index contributed by atoms with van der Waals surface area (Å²) < 4.78 is 0. The molecule has 36 heavy (non-hydrogen) atoms. The van der Waals surface area contributed by atoms with Gasteiger partial charge in [-0.3, -0.25) is 4.79 Å². The second kappa shape index (κ2) is 8.32. The molecule has 1 heteroatoms. The fraction of sp³-hybridized carbons (Fsp3) is 0.0571. The molecule has 0 fully saturated rings. The number of hydrogen-bond donors (Lipinski definition) is 0. The Morgan fingerprint density at radius 1 is 0.417 bits per heavy atom. The van der Waals surface area contributed by atoms with Gasteiger partial charge >= 0.3 is 0 Å². The third kappa shape index (κ3) is 3.28. The Bertz CT molecular complexity index is 1720. The fourth-order valence-corrected chi connectivity index (χ4v) is 5.82. The van der Waals surface area contributed by atoms with E-state index in [2.05, 4.69) is 115 Å². The van der Waals surface area contributed by atoms with E-state index < -0.39 is 0 Å². The molecular formula is C35H24O. The largest absolute Gasteiger partial charge is 0.294 e. The smallest absolute Gasteiger partial charge is 0.163 e. The molecule has 7 rings (SSSR count). The van der Waals surface area contributed by atoms with E-state index in [1.165, 1.54) is 60.5 Å². The van der Waals surface area contributed by atoms with Crippen LogP contribution in [0.2, 0.25) is 0 Å².